The van der Waals surface area contributed by atoms with Crippen molar-refractivity contribution in [1.82, 2.24) is 4.72 Å². The van der Waals surface area contributed by atoms with Crippen molar-refractivity contribution in [2.24, 2.45) is 0 Å². The zero-order valence-electron chi connectivity index (χ0n) is 19.4. The highest BCUT2D eigenvalue weighted by Gasteiger charge is 2.15. The summed E-state index contributed by atoms with van der Waals surface area (Å²) in [5, 5.41) is 10.7. The molecule has 0 amide bonds. The summed E-state index contributed by atoms with van der Waals surface area (Å²) in [5.74, 6) is 12.4. The minimum atomic E-state index is -3.70. The van der Waals surface area contributed by atoms with Crippen LogP contribution in [0.4, 0.5) is 5.69 Å². The Morgan fingerprint density at radius 3 is 2.40 bits per heavy atom. The second-order valence-corrected chi connectivity index (χ2v) is 9.63. The number of hydrogen-bond donors (Lipinski definition) is 1. The number of rotatable bonds is 9. The molecule has 3 rings (SSSR count). The molecule has 1 aliphatic rings. The molecule has 1 heterocycles. The molecule has 0 aromatic heterocycles. The summed E-state index contributed by atoms with van der Waals surface area (Å²) in [5.41, 5.74) is 1.52. The second kappa shape index (κ2) is 13.6. The van der Waals surface area contributed by atoms with E-state index in [1.54, 1.807) is 0 Å². The third-order valence-electron chi connectivity index (χ3n) is 5.23. The lowest BCUT2D eigenvalue weighted by molar-refractivity contribution is -0.384. The van der Waals surface area contributed by atoms with Crippen LogP contribution in [0.5, 0.6) is 0 Å². The average Bonchev–Trinajstić information content (AvgIpc) is 2.87. The van der Waals surface area contributed by atoms with Crippen molar-refractivity contribution < 1.29 is 22.8 Å². The van der Waals surface area contributed by atoms with Crippen LogP contribution in [0.1, 0.15) is 49.7 Å². The topological polar surface area (TPSA) is 108 Å². The van der Waals surface area contributed by atoms with Gasteiger partial charge in [0.05, 0.1) is 9.82 Å². The fourth-order valence-electron chi connectivity index (χ4n) is 3.34. The van der Waals surface area contributed by atoms with Crippen LogP contribution >= 0.6 is 0 Å². The Kier molecular flexibility index (Phi) is 10.3. The minimum absolute atomic E-state index is 0.00252. The van der Waals surface area contributed by atoms with E-state index in [0.717, 1.165) is 43.4 Å². The summed E-state index contributed by atoms with van der Waals surface area (Å²) >= 11 is 0. The molecule has 2 aromatic carbocycles. The number of nitro groups is 1. The molecule has 1 aliphatic heterocycles. The van der Waals surface area contributed by atoms with E-state index < -0.39 is 14.9 Å². The number of non-ortho nitro benzene ring substituents is 1. The van der Waals surface area contributed by atoms with E-state index in [9.17, 15) is 18.5 Å². The molecule has 35 heavy (non-hydrogen) atoms. The predicted octanol–water partition coefficient (Wildman–Crippen LogP) is 3.99. The maximum absolute atomic E-state index is 12.3. The van der Waals surface area contributed by atoms with Crippen molar-refractivity contribution in [2.75, 3.05) is 19.8 Å². The van der Waals surface area contributed by atoms with Crippen LogP contribution < -0.4 is 4.72 Å². The molecule has 1 fully saturated rings. The Balaban J connectivity index is 1.41. The molecule has 1 atom stereocenters. The smallest absolute Gasteiger partial charge is 0.269 e. The monoisotopic (exact) mass is 496 g/mol. The van der Waals surface area contributed by atoms with Crippen molar-refractivity contribution in [3.63, 3.8) is 0 Å². The average molecular weight is 497 g/mol. The van der Waals surface area contributed by atoms with Crippen LogP contribution in [0.2, 0.25) is 0 Å². The van der Waals surface area contributed by atoms with Gasteiger partial charge < -0.3 is 9.47 Å². The van der Waals surface area contributed by atoms with Gasteiger partial charge in [0.1, 0.15) is 6.61 Å². The van der Waals surface area contributed by atoms with Crippen molar-refractivity contribution in [2.45, 2.75) is 49.7 Å². The maximum atomic E-state index is 12.3. The molecule has 1 unspecified atom stereocenters. The Morgan fingerprint density at radius 1 is 1.03 bits per heavy atom. The van der Waals surface area contributed by atoms with E-state index in [1.807, 2.05) is 24.3 Å². The van der Waals surface area contributed by atoms with Crippen molar-refractivity contribution in [3.8, 4) is 23.7 Å². The van der Waals surface area contributed by atoms with E-state index >= 15 is 0 Å². The number of hydrogen-bond acceptors (Lipinski definition) is 6. The van der Waals surface area contributed by atoms with Gasteiger partial charge in [0, 0.05) is 42.8 Å². The highest BCUT2D eigenvalue weighted by molar-refractivity contribution is 7.89. The fourth-order valence-corrected chi connectivity index (χ4v) is 4.42. The van der Waals surface area contributed by atoms with Crippen LogP contribution in [0, 0.1) is 33.8 Å². The first-order valence-corrected chi connectivity index (χ1v) is 13.0. The minimum Gasteiger partial charge on any atom is -0.353 e. The zero-order chi connectivity index (χ0) is 24.9. The molecule has 0 radical (unpaired) electrons. The van der Waals surface area contributed by atoms with Crippen molar-refractivity contribution in [3.05, 3.63) is 69.8 Å². The predicted molar refractivity (Wildman–Crippen MR) is 132 cm³/mol. The van der Waals surface area contributed by atoms with E-state index in [0.29, 0.717) is 19.4 Å². The van der Waals surface area contributed by atoms with Gasteiger partial charge in [-0.15, -0.1) is 0 Å². The first kappa shape index (κ1) is 26.4. The highest BCUT2D eigenvalue weighted by Crippen LogP contribution is 2.16. The van der Waals surface area contributed by atoms with Crippen LogP contribution in [0.3, 0.4) is 0 Å². The normalized spacial score (nSPS) is 15.4. The third kappa shape index (κ3) is 8.82. The summed E-state index contributed by atoms with van der Waals surface area (Å²) in [6.45, 7) is 1.30. The molecule has 9 heteroatoms. The molecule has 0 spiro atoms. The van der Waals surface area contributed by atoms with Gasteiger partial charge in [-0.25, -0.2) is 13.1 Å². The van der Waals surface area contributed by atoms with Crippen molar-refractivity contribution >= 4 is 15.7 Å². The van der Waals surface area contributed by atoms with Gasteiger partial charge in [0.15, 0.2) is 6.29 Å². The molecule has 184 valence electrons. The lowest BCUT2D eigenvalue weighted by Gasteiger charge is -2.21. The number of ether oxygens (including phenoxy) is 2. The van der Waals surface area contributed by atoms with Gasteiger partial charge in [-0.05, 0) is 56.4 Å². The van der Waals surface area contributed by atoms with Crippen LogP contribution in [0.25, 0.3) is 0 Å². The third-order valence-corrected chi connectivity index (χ3v) is 6.71. The molecular weight excluding hydrogens is 468 g/mol. The van der Waals surface area contributed by atoms with Gasteiger partial charge in [-0.1, -0.05) is 35.8 Å². The molecule has 0 saturated carbocycles. The molecule has 8 nitrogen and oxygen atoms in total. The lowest BCUT2D eigenvalue weighted by atomic mass is 10.1. The number of sulfonamides is 1. The Labute approximate surface area is 206 Å². The lowest BCUT2D eigenvalue weighted by Crippen LogP contribution is -2.24. The number of nitrogens with one attached hydrogen (secondary N) is 1. The summed E-state index contributed by atoms with van der Waals surface area (Å²) in [6.07, 6.45) is 4.89. The van der Waals surface area contributed by atoms with Gasteiger partial charge in [0.25, 0.3) is 5.69 Å². The highest BCUT2D eigenvalue weighted by atomic mass is 32.2. The molecule has 0 bridgehead atoms. The van der Waals surface area contributed by atoms with E-state index in [4.69, 9.17) is 9.47 Å². The Hall–Kier alpha value is -3.21. The summed E-state index contributed by atoms with van der Waals surface area (Å²) in [6, 6.07) is 12.5. The van der Waals surface area contributed by atoms with Gasteiger partial charge in [-0.3, -0.25) is 10.1 Å². The van der Waals surface area contributed by atoms with Gasteiger partial charge in [0.2, 0.25) is 10.0 Å². The number of nitrogens with zero attached hydrogens (tertiary/aromatic N) is 1. The molecule has 1 N–H and O–H groups in total. The van der Waals surface area contributed by atoms with Crippen LogP contribution in [-0.2, 0) is 19.5 Å². The number of nitro benzene ring substituents is 1. The second-order valence-electron chi connectivity index (χ2n) is 7.86. The maximum Gasteiger partial charge on any atom is 0.269 e. The van der Waals surface area contributed by atoms with E-state index in [2.05, 4.69) is 28.4 Å². The molecule has 0 aliphatic carbocycles. The SMILES string of the molecule is O=[N+]([O-])c1ccc(S(=O)(=O)NCCCCC#Cc2ccccc2C#CCOC2CCCCO2)cc1. The van der Waals surface area contributed by atoms with E-state index in [-0.39, 0.29) is 23.4 Å². The van der Waals surface area contributed by atoms with Gasteiger partial charge >= 0.3 is 0 Å². The van der Waals surface area contributed by atoms with E-state index in [1.165, 1.54) is 24.3 Å². The van der Waals surface area contributed by atoms with Crippen molar-refractivity contribution in [1.29, 1.82) is 0 Å². The molecule has 2 aromatic rings. The first-order chi connectivity index (χ1) is 17.0. The Morgan fingerprint density at radius 2 is 1.74 bits per heavy atom. The fraction of sp³-hybridized carbons (Fsp3) is 0.385. The molecule has 1 saturated heterocycles. The largest absolute Gasteiger partial charge is 0.353 e. The Bertz CT molecular complexity index is 1210. The summed E-state index contributed by atoms with van der Waals surface area (Å²) < 4.78 is 38.2. The number of unbranched alkanes of at least 4 members (excludes halogenated alkanes) is 2. The zero-order valence-corrected chi connectivity index (χ0v) is 20.2. The number of benzene rings is 2. The summed E-state index contributed by atoms with van der Waals surface area (Å²) in [4.78, 5) is 10.1. The quantitative estimate of drug-likeness (QED) is 0.243. The van der Waals surface area contributed by atoms with Crippen LogP contribution in [-0.4, -0.2) is 39.4 Å². The van der Waals surface area contributed by atoms with Gasteiger partial charge in [-0.2, -0.15) is 0 Å². The first-order valence-electron chi connectivity index (χ1n) is 11.5. The standard InChI is InChI=1S/C26H28N2O6S/c29-28(30)24-15-17-25(18-16-24)35(31,32)27-19-7-2-1-3-10-22-11-4-5-12-23(22)13-9-21-34-26-14-6-8-20-33-26/h4-5,11-12,15-18,26-27H,1-2,6-8,14,19-21H2. The molecular formula is C26H28N2O6S. The van der Waals surface area contributed by atoms with Crippen LogP contribution in [0.15, 0.2) is 53.4 Å². The summed E-state index contributed by atoms with van der Waals surface area (Å²) in [7, 11) is -3.70.